The Hall–Kier alpha value is -0.900. The number of unbranched alkanes of at least 4 members (excludes halogenated alkanes) is 2. The van der Waals surface area contributed by atoms with E-state index in [2.05, 4.69) is 17.3 Å². The summed E-state index contributed by atoms with van der Waals surface area (Å²) in [4.78, 5) is 25.2. The van der Waals surface area contributed by atoms with Gasteiger partial charge in [0.2, 0.25) is 5.91 Å². The molecule has 0 aromatic heterocycles. The molecule has 0 saturated heterocycles. The molecule has 0 heterocycles. The van der Waals surface area contributed by atoms with E-state index in [1.807, 2.05) is 27.7 Å². The quantitative estimate of drug-likeness (QED) is 0.564. The summed E-state index contributed by atoms with van der Waals surface area (Å²) in [6, 6.07) is 0. The second kappa shape index (κ2) is 11.7. The summed E-state index contributed by atoms with van der Waals surface area (Å²) in [6.07, 6.45) is 4.91. The van der Waals surface area contributed by atoms with Gasteiger partial charge in [0.05, 0.1) is 0 Å². The number of carbonyl (C=O) groups excluding carboxylic acids is 2. The van der Waals surface area contributed by atoms with Crippen LogP contribution in [0, 0.1) is 11.8 Å². The van der Waals surface area contributed by atoms with Crippen LogP contribution < -0.4 is 5.32 Å². The van der Waals surface area contributed by atoms with E-state index in [1.165, 1.54) is 0 Å². The van der Waals surface area contributed by atoms with E-state index in [4.69, 9.17) is 0 Å². The molecule has 0 bridgehead atoms. The Morgan fingerprint density at radius 3 is 2.00 bits per heavy atom. The summed E-state index contributed by atoms with van der Waals surface area (Å²) < 4.78 is 0. The summed E-state index contributed by atoms with van der Waals surface area (Å²) in [5.74, 6) is 0.752. The molecule has 4 heteroatoms. The molecule has 0 aromatic rings. The first-order valence-corrected chi connectivity index (χ1v) is 8.33. The summed E-state index contributed by atoms with van der Waals surface area (Å²) in [5.41, 5.74) is 0. The van der Waals surface area contributed by atoms with Crippen molar-refractivity contribution < 1.29 is 9.59 Å². The number of nitrogens with one attached hydrogen (secondary N) is 1. The first-order chi connectivity index (χ1) is 9.84. The van der Waals surface area contributed by atoms with Crippen LogP contribution in [0.3, 0.4) is 0 Å². The minimum Gasteiger partial charge on any atom is -0.356 e. The highest BCUT2D eigenvalue weighted by atomic mass is 16.1. The molecule has 0 atom stereocenters. The molecule has 0 radical (unpaired) electrons. The largest absolute Gasteiger partial charge is 0.356 e. The van der Waals surface area contributed by atoms with Gasteiger partial charge in [-0.1, -0.05) is 27.7 Å². The van der Waals surface area contributed by atoms with E-state index in [-0.39, 0.29) is 17.7 Å². The maximum absolute atomic E-state index is 11.5. The number of amides is 1. The van der Waals surface area contributed by atoms with Crippen molar-refractivity contribution in [3.8, 4) is 0 Å². The number of Topliss-reactive ketones (excluding diaryl/α,β-unsaturated/α-hetero) is 1. The third-order valence-electron chi connectivity index (χ3n) is 3.65. The SMILES string of the molecule is CC(C)C(=O)CCCCN(C)CCCCNC(=O)C(C)C. The fourth-order valence-corrected chi connectivity index (χ4v) is 2.00. The molecule has 0 fully saturated rings. The minimum absolute atomic E-state index is 0.0706. The number of hydrogen-bond donors (Lipinski definition) is 1. The van der Waals surface area contributed by atoms with Crippen molar-refractivity contribution in [1.29, 1.82) is 0 Å². The first-order valence-electron chi connectivity index (χ1n) is 8.33. The van der Waals surface area contributed by atoms with Crippen LogP contribution in [0.2, 0.25) is 0 Å². The Morgan fingerprint density at radius 1 is 0.905 bits per heavy atom. The van der Waals surface area contributed by atoms with Crippen LogP contribution in [0.4, 0.5) is 0 Å². The molecule has 1 N–H and O–H groups in total. The van der Waals surface area contributed by atoms with Crippen LogP contribution >= 0.6 is 0 Å². The van der Waals surface area contributed by atoms with E-state index >= 15 is 0 Å². The van der Waals surface area contributed by atoms with E-state index in [9.17, 15) is 9.59 Å². The molecule has 0 spiro atoms. The lowest BCUT2D eigenvalue weighted by atomic mass is 10.0. The van der Waals surface area contributed by atoms with Crippen LogP contribution in [0.5, 0.6) is 0 Å². The van der Waals surface area contributed by atoms with E-state index in [0.29, 0.717) is 12.2 Å². The summed E-state index contributed by atoms with van der Waals surface area (Å²) in [7, 11) is 2.12. The van der Waals surface area contributed by atoms with Gasteiger partial charge in [-0.2, -0.15) is 0 Å². The predicted molar refractivity (Wildman–Crippen MR) is 88.3 cm³/mol. The van der Waals surface area contributed by atoms with Crippen LogP contribution in [-0.4, -0.2) is 43.3 Å². The van der Waals surface area contributed by atoms with Crippen LogP contribution in [-0.2, 0) is 9.59 Å². The smallest absolute Gasteiger partial charge is 0.222 e. The predicted octanol–water partition coefficient (Wildman–Crippen LogP) is 2.87. The van der Waals surface area contributed by atoms with Gasteiger partial charge in [0, 0.05) is 24.8 Å². The van der Waals surface area contributed by atoms with Crippen molar-refractivity contribution in [2.24, 2.45) is 11.8 Å². The van der Waals surface area contributed by atoms with Gasteiger partial charge in [0.1, 0.15) is 5.78 Å². The highest BCUT2D eigenvalue weighted by Crippen LogP contribution is 2.05. The van der Waals surface area contributed by atoms with Gasteiger partial charge in [-0.3, -0.25) is 9.59 Å². The number of nitrogens with zero attached hydrogens (tertiary/aromatic N) is 1. The maximum atomic E-state index is 11.5. The third kappa shape index (κ3) is 11.4. The molecule has 0 aliphatic heterocycles. The van der Waals surface area contributed by atoms with Gasteiger partial charge in [-0.25, -0.2) is 0 Å². The van der Waals surface area contributed by atoms with Crippen LogP contribution in [0.25, 0.3) is 0 Å². The molecule has 0 rings (SSSR count). The standard InChI is InChI=1S/C17H34N2O2/c1-14(2)16(20)10-6-8-12-19(5)13-9-7-11-18-17(21)15(3)4/h14-15H,6-13H2,1-5H3,(H,18,21). The number of ketones is 1. The molecule has 0 saturated carbocycles. The van der Waals surface area contributed by atoms with Crippen molar-refractivity contribution in [2.45, 2.75) is 59.8 Å². The fourth-order valence-electron chi connectivity index (χ4n) is 2.00. The lowest BCUT2D eigenvalue weighted by Crippen LogP contribution is -2.29. The molecule has 4 nitrogen and oxygen atoms in total. The average Bonchev–Trinajstić information content (AvgIpc) is 2.42. The normalized spacial score (nSPS) is 11.4. The van der Waals surface area contributed by atoms with Crippen molar-refractivity contribution in [2.75, 3.05) is 26.7 Å². The van der Waals surface area contributed by atoms with Gasteiger partial charge < -0.3 is 10.2 Å². The Labute approximate surface area is 130 Å². The Morgan fingerprint density at radius 2 is 1.48 bits per heavy atom. The summed E-state index contributed by atoms with van der Waals surface area (Å²) >= 11 is 0. The topological polar surface area (TPSA) is 49.4 Å². The molecule has 21 heavy (non-hydrogen) atoms. The second-order valence-corrected chi connectivity index (χ2v) is 6.53. The molecule has 0 aromatic carbocycles. The number of hydrogen-bond acceptors (Lipinski definition) is 3. The fraction of sp³-hybridized carbons (Fsp3) is 0.882. The van der Waals surface area contributed by atoms with Crippen molar-refractivity contribution in [3.63, 3.8) is 0 Å². The van der Waals surface area contributed by atoms with E-state index in [1.54, 1.807) is 0 Å². The molecule has 0 unspecified atom stereocenters. The number of rotatable bonds is 12. The van der Waals surface area contributed by atoms with Gasteiger partial charge in [-0.15, -0.1) is 0 Å². The minimum atomic E-state index is 0.0706. The zero-order valence-corrected chi connectivity index (χ0v) is 14.6. The lowest BCUT2D eigenvalue weighted by molar-refractivity contribution is -0.124. The van der Waals surface area contributed by atoms with E-state index < -0.39 is 0 Å². The highest BCUT2D eigenvalue weighted by Gasteiger charge is 2.07. The average molecular weight is 298 g/mol. The summed E-state index contributed by atoms with van der Waals surface area (Å²) in [5, 5.41) is 2.94. The molecule has 124 valence electrons. The van der Waals surface area contributed by atoms with E-state index in [0.717, 1.165) is 45.3 Å². The Balaban J connectivity index is 3.45. The lowest BCUT2D eigenvalue weighted by Gasteiger charge is -2.16. The van der Waals surface area contributed by atoms with Gasteiger partial charge >= 0.3 is 0 Å². The monoisotopic (exact) mass is 298 g/mol. The molecule has 0 aliphatic carbocycles. The van der Waals surface area contributed by atoms with Crippen LogP contribution in [0.15, 0.2) is 0 Å². The second-order valence-electron chi connectivity index (χ2n) is 6.53. The zero-order chi connectivity index (χ0) is 16.3. The molecule has 0 aliphatic rings. The Bertz CT molecular complexity index is 301. The van der Waals surface area contributed by atoms with Gasteiger partial charge in [0.25, 0.3) is 0 Å². The highest BCUT2D eigenvalue weighted by molar-refractivity contribution is 5.80. The van der Waals surface area contributed by atoms with Gasteiger partial charge in [0.15, 0.2) is 0 Å². The van der Waals surface area contributed by atoms with Crippen molar-refractivity contribution in [1.82, 2.24) is 10.2 Å². The van der Waals surface area contributed by atoms with Crippen molar-refractivity contribution >= 4 is 11.7 Å². The maximum Gasteiger partial charge on any atom is 0.222 e. The molecular weight excluding hydrogens is 264 g/mol. The third-order valence-corrected chi connectivity index (χ3v) is 3.65. The molecule has 1 amide bonds. The van der Waals surface area contributed by atoms with Crippen LogP contribution in [0.1, 0.15) is 59.8 Å². The Kier molecular flexibility index (Phi) is 11.2. The van der Waals surface area contributed by atoms with Crippen molar-refractivity contribution in [3.05, 3.63) is 0 Å². The van der Waals surface area contributed by atoms with Gasteiger partial charge in [-0.05, 0) is 45.8 Å². The number of carbonyl (C=O) groups is 2. The first kappa shape index (κ1) is 20.1. The molecular formula is C17H34N2O2. The summed E-state index contributed by atoms with van der Waals surface area (Å²) in [6.45, 7) is 10.6. The zero-order valence-electron chi connectivity index (χ0n) is 14.6.